The molecule has 146 valence electrons. The summed E-state index contributed by atoms with van der Waals surface area (Å²) in [4.78, 5) is 28.6. The summed E-state index contributed by atoms with van der Waals surface area (Å²) in [5, 5.41) is 2.94. The number of nitrogens with zero attached hydrogens (tertiary/aromatic N) is 1. The number of nitrogens with one attached hydrogen (secondary N) is 1. The summed E-state index contributed by atoms with van der Waals surface area (Å²) in [6, 6.07) is 13.4. The van der Waals surface area contributed by atoms with E-state index in [4.69, 9.17) is 9.47 Å². The van der Waals surface area contributed by atoms with E-state index in [-0.39, 0.29) is 18.6 Å². The number of benzene rings is 2. The van der Waals surface area contributed by atoms with Crippen LogP contribution in [0.15, 0.2) is 47.4 Å². The summed E-state index contributed by atoms with van der Waals surface area (Å²) in [7, 11) is 0. The molecule has 2 aromatic rings. The molecular formula is C21H22N2O4S. The van der Waals surface area contributed by atoms with Gasteiger partial charge in [0.2, 0.25) is 12.7 Å². The quantitative estimate of drug-likeness (QED) is 0.785. The zero-order valence-electron chi connectivity index (χ0n) is 15.9. The number of ether oxygens (including phenoxy) is 2. The average Bonchev–Trinajstić information content (AvgIpc) is 3.17. The Balaban J connectivity index is 1.44. The molecule has 2 aliphatic heterocycles. The van der Waals surface area contributed by atoms with Gasteiger partial charge in [0, 0.05) is 18.0 Å². The maximum Gasteiger partial charge on any atom is 0.252 e. The van der Waals surface area contributed by atoms with Crippen LogP contribution in [0.25, 0.3) is 0 Å². The van der Waals surface area contributed by atoms with Crippen molar-refractivity contribution in [3.05, 3.63) is 48.0 Å². The standard InChI is InChI=1S/C21H22N2O4S/c1-3-23-15-6-4-5-7-18(15)28-21(2,20(23)25)19(24)22-11-10-14-8-9-16-17(12-14)27-13-26-16/h4-9,12H,3,10-11,13H2,1-2H3,(H,22,24). The lowest BCUT2D eigenvalue weighted by Crippen LogP contribution is -2.56. The molecular weight excluding hydrogens is 376 g/mol. The molecule has 2 aliphatic rings. The molecule has 0 bridgehead atoms. The normalized spacial score (nSPS) is 20.1. The first-order valence-electron chi connectivity index (χ1n) is 9.30. The smallest absolute Gasteiger partial charge is 0.252 e. The lowest BCUT2D eigenvalue weighted by atomic mass is 10.1. The van der Waals surface area contributed by atoms with Gasteiger partial charge in [-0.2, -0.15) is 0 Å². The van der Waals surface area contributed by atoms with Crippen LogP contribution in [0, 0.1) is 0 Å². The third-order valence-corrected chi connectivity index (χ3v) is 6.34. The Labute approximate surface area is 168 Å². The van der Waals surface area contributed by atoms with Crippen molar-refractivity contribution in [3.8, 4) is 11.5 Å². The van der Waals surface area contributed by atoms with Gasteiger partial charge in [-0.05, 0) is 50.1 Å². The molecule has 1 N–H and O–H groups in total. The van der Waals surface area contributed by atoms with Crippen molar-refractivity contribution in [1.29, 1.82) is 0 Å². The molecule has 0 saturated heterocycles. The van der Waals surface area contributed by atoms with Crippen molar-refractivity contribution in [2.75, 3.05) is 24.8 Å². The summed E-state index contributed by atoms with van der Waals surface area (Å²) >= 11 is 1.32. The van der Waals surface area contributed by atoms with Gasteiger partial charge in [0.25, 0.3) is 5.91 Å². The molecule has 0 radical (unpaired) electrons. The molecule has 2 amide bonds. The summed E-state index contributed by atoms with van der Waals surface area (Å²) in [5.74, 6) is 1.02. The molecule has 28 heavy (non-hydrogen) atoms. The number of thioether (sulfide) groups is 1. The van der Waals surface area contributed by atoms with Crippen molar-refractivity contribution in [3.63, 3.8) is 0 Å². The lowest BCUT2D eigenvalue weighted by molar-refractivity contribution is -0.131. The molecule has 2 heterocycles. The van der Waals surface area contributed by atoms with Crippen molar-refractivity contribution in [2.45, 2.75) is 29.9 Å². The van der Waals surface area contributed by atoms with Gasteiger partial charge in [-0.25, -0.2) is 0 Å². The highest BCUT2D eigenvalue weighted by molar-refractivity contribution is 8.02. The summed E-state index contributed by atoms with van der Waals surface area (Å²) in [6.45, 7) is 4.83. The van der Waals surface area contributed by atoms with Crippen LogP contribution in [0.5, 0.6) is 11.5 Å². The van der Waals surface area contributed by atoms with Crippen LogP contribution in [0.2, 0.25) is 0 Å². The maximum atomic E-state index is 13.1. The van der Waals surface area contributed by atoms with Gasteiger partial charge in [-0.3, -0.25) is 9.59 Å². The van der Waals surface area contributed by atoms with E-state index in [0.717, 1.165) is 27.6 Å². The Morgan fingerprint density at radius 1 is 1.21 bits per heavy atom. The predicted molar refractivity (Wildman–Crippen MR) is 108 cm³/mol. The first-order chi connectivity index (χ1) is 13.5. The average molecular weight is 398 g/mol. The Morgan fingerprint density at radius 3 is 2.82 bits per heavy atom. The second-order valence-electron chi connectivity index (χ2n) is 6.85. The minimum absolute atomic E-state index is 0.181. The van der Waals surface area contributed by atoms with Gasteiger partial charge >= 0.3 is 0 Å². The first kappa shape index (κ1) is 18.7. The molecule has 0 aliphatic carbocycles. The molecule has 0 fully saturated rings. The maximum absolute atomic E-state index is 13.1. The van der Waals surface area contributed by atoms with E-state index in [1.807, 2.05) is 49.4 Å². The van der Waals surface area contributed by atoms with E-state index in [1.54, 1.807) is 11.8 Å². The predicted octanol–water partition coefficient (Wildman–Crippen LogP) is 2.99. The number of fused-ring (bicyclic) bond motifs is 2. The number of para-hydroxylation sites is 1. The Bertz CT molecular complexity index is 932. The summed E-state index contributed by atoms with van der Waals surface area (Å²) in [6.07, 6.45) is 0.644. The van der Waals surface area contributed by atoms with Gasteiger partial charge < -0.3 is 19.7 Å². The van der Waals surface area contributed by atoms with Gasteiger partial charge in [0.15, 0.2) is 16.2 Å². The lowest BCUT2D eigenvalue weighted by Gasteiger charge is -2.38. The highest BCUT2D eigenvalue weighted by Crippen LogP contribution is 2.45. The first-order valence-corrected chi connectivity index (χ1v) is 10.1. The number of carbonyl (C=O) groups excluding carboxylic acids is 2. The largest absolute Gasteiger partial charge is 0.454 e. The van der Waals surface area contributed by atoms with Crippen LogP contribution in [-0.2, 0) is 16.0 Å². The van der Waals surface area contributed by atoms with Crippen LogP contribution in [0.4, 0.5) is 5.69 Å². The molecule has 0 spiro atoms. The van der Waals surface area contributed by atoms with Crippen LogP contribution in [0.1, 0.15) is 19.4 Å². The number of hydrogen-bond donors (Lipinski definition) is 1. The second-order valence-corrected chi connectivity index (χ2v) is 8.31. The summed E-state index contributed by atoms with van der Waals surface area (Å²) in [5.41, 5.74) is 1.91. The van der Waals surface area contributed by atoms with Crippen molar-refractivity contribution < 1.29 is 19.1 Å². The van der Waals surface area contributed by atoms with Gasteiger partial charge in [0.05, 0.1) is 5.69 Å². The zero-order valence-corrected chi connectivity index (χ0v) is 16.7. The highest BCUT2D eigenvalue weighted by Gasteiger charge is 2.48. The van der Waals surface area contributed by atoms with Gasteiger partial charge in [-0.1, -0.05) is 30.0 Å². The Morgan fingerprint density at radius 2 is 2.00 bits per heavy atom. The molecule has 1 atom stereocenters. The monoisotopic (exact) mass is 398 g/mol. The number of anilines is 1. The minimum Gasteiger partial charge on any atom is -0.454 e. The molecule has 2 aromatic carbocycles. The molecule has 0 saturated carbocycles. The van der Waals surface area contributed by atoms with Crippen molar-refractivity contribution in [1.82, 2.24) is 5.32 Å². The second kappa shape index (κ2) is 7.39. The van der Waals surface area contributed by atoms with Gasteiger partial charge in [0.1, 0.15) is 0 Å². The fourth-order valence-electron chi connectivity index (χ4n) is 3.44. The fourth-order valence-corrected chi connectivity index (χ4v) is 4.67. The molecule has 6 nitrogen and oxygen atoms in total. The Hall–Kier alpha value is -2.67. The van der Waals surface area contributed by atoms with E-state index >= 15 is 0 Å². The fraction of sp³-hybridized carbons (Fsp3) is 0.333. The van der Waals surface area contributed by atoms with E-state index in [1.165, 1.54) is 11.8 Å². The number of carbonyl (C=O) groups is 2. The van der Waals surface area contributed by atoms with Crippen LogP contribution < -0.4 is 19.7 Å². The highest BCUT2D eigenvalue weighted by atomic mass is 32.2. The Kier molecular flexibility index (Phi) is 4.93. The number of amides is 2. The van der Waals surface area contributed by atoms with Crippen LogP contribution in [0.3, 0.4) is 0 Å². The summed E-state index contributed by atoms with van der Waals surface area (Å²) < 4.78 is 9.52. The third-order valence-electron chi connectivity index (χ3n) is 5.01. The van der Waals surface area contributed by atoms with E-state index in [0.29, 0.717) is 19.5 Å². The van der Waals surface area contributed by atoms with E-state index in [9.17, 15) is 9.59 Å². The minimum atomic E-state index is -1.18. The van der Waals surface area contributed by atoms with Crippen LogP contribution in [-0.4, -0.2) is 36.4 Å². The van der Waals surface area contributed by atoms with Gasteiger partial charge in [-0.15, -0.1) is 0 Å². The SMILES string of the molecule is CCN1C(=O)C(C)(C(=O)NCCc2ccc3c(c2)OCO3)Sc2ccccc21. The molecule has 1 unspecified atom stereocenters. The van der Waals surface area contributed by atoms with Crippen LogP contribution >= 0.6 is 11.8 Å². The molecule has 0 aromatic heterocycles. The number of hydrogen-bond acceptors (Lipinski definition) is 5. The van der Waals surface area contributed by atoms with E-state index in [2.05, 4.69) is 5.32 Å². The number of rotatable bonds is 5. The third kappa shape index (κ3) is 3.20. The van der Waals surface area contributed by atoms with Crippen molar-refractivity contribution >= 4 is 29.3 Å². The van der Waals surface area contributed by atoms with E-state index < -0.39 is 4.75 Å². The topological polar surface area (TPSA) is 67.9 Å². The molecule has 4 rings (SSSR count). The van der Waals surface area contributed by atoms with Crippen molar-refractivity contribution in [2.24, 2.45) is 0 Å². The zero-order chi connectivity index (χ0) is 19.7. The molecule has 7 heteroatoms.